The second kappa shape index (κ2) is 3.23. The molecule has 0 aromatic heterocycles. The Kier molecular flexibility index (Phi) is 2.54. The summed E-state index contributed by atoms with van der Waals surface area (Å²) in [4.78, 5) is 0. The van der Waals surface area contributed by atoms with Gasteiger partial charge in [-0.25, -0.2) is 0 Å². The quantitative estimate of drug-likeness (QED) is 0.598. The topological polar surface area (TPSA) is 20.2 Å². The highest BCUT2D eigenvalue weighted by Gasteiger charge is 1.99. The van der Waals surface area contributed by atoms with Crippen LogP contribution < -0.4 is 0 Å². The minimum Gasteiger partial charge on any atom is -0.508 e. The molecule has 54 valence electrons. The number of phenolic OH excluding ortho intramolecular Hbond substituents is 1. The van der Waals surface area contributed by atoms with Crippen LogP contribution in [0.1, 0.15) is 16.4 Å². The number of alkyl halides is 1. The Morgan fingerprint density at radius 2 is 2.20 bits per heavy atom. The van der Waals surface area contributed by atoms with Crippen LogP contribution >= 0.6 is 22.6 Å². The van der Waals surface area contributed by atoms with Gasteiger partial charge >= 0.3 is 0 Å². The van der Waals surface area contributed by atoms with Crippen LogP contribution in [-0.4, -0.2) is 5.11 Å². The zero-order chi connectivity index (χ0) is 7.56. The standard InChI is InChI=1S/C8H9IO/c1-6(9)7-3-2-4-8(10)5-7/h2-6,10H,1H3/t6-/m1/s1. The van der Waals surface area contributed by atoms with E-state index in [1.54, 1.807) is 12.1 Å². The SMILES string of the molecule is C[C@@H](I)c1cccc(O)c1. The van der Waals surface area contributed by atoms with Crippen LogP contribution in [0.15, 0.2) is 24.3 Å². The molecular weight excluding hydrogens is 239 g/mol. The lowest BCUT2D eigenvalue weighted by Crippen LogP contribution is -1.80. The van der Waals surface area contributed by atoms with E-state index in [4.69, 9.17) is 5.11 Å². The first-order valence-electron chi connectivity index (χ1n) is 3.13. The molecule has 0 aliphatic carbocycles. The molecule has 0 fully saturated rings. The molecule has 0 saturated carbocycles. The van der Waals surface area contributed by atoms with Crippen molar-refractivity contribution in [3.05, 3.63) is 29.8 Å². The van der Waals surface area contributed by atoms with E-state index in [-0.39, 0.29) is 0 Å². The smallest absolute Gasteiger partial charge is 0.115 e. The van der Waals surface area contributed by atoms with Gasteiger partial charge in [-0.15, -0.1) is 0 Å². The third-order valence-electron chi connectivity index (χ3n) is 1.33. The van der Waals surface area contributed by atoms with Crippen LogP contribution in [0.25, 0.3) is 0 Å². The summed E-state index contributed by atoms with van der Waals surface area (Å²) in [5.74, 6) is 0.348. The lowest BCUT2D eigenvalue weighted by atomic mass is 10.2. The zero-order valence-electron chi connectivity index (χ0n) is 5.71. The third-order valence-corrected chi connectivity index (χ3v) is 2.05. The van der Waals surface area contributed by atoms with Crippen molar-refractivity contribution in [2.24, 2.45) is 0 Å². The molecule has 1 nitrogen and oxygen atoms in total. The summed E-state index contributed by atoms with van der Waals surface area (Å²) in [5, 5.41) is 9.06. The highest BCUT2D eigenvalue weighted by molar-refractivity contribution is 14.1. The number of benzene rings is 1. The van der Waals surface area contributed by atoms with Gasteiger partial charge in [0.25, 0.3) is 0 Å². The maximum atomic E-state index is 9.06. The number of hydrogen-bond acceptors (Lipinski definition) is 1. The van der Waals surface area contributed by atoms with Crippen molar-refractivity contribution < 1.29 is 5.11 Å². The summed E-state index contributed by atoms with van der Waals surface area (Å²) < 4.78 is 0.463. The fraction of sp³-hybridized carbons (Fsp3) is 0.250. The minimum absolute atomic E-state index is 0.348. The lowest BCUT2D eigenvalue weighted by Gasteiger charge is -2.02. The maximum Gasteiger partial charge on any atom is 0.115 e. The van der Waals surface area contributed by atoms with Crippen molar-refractivity contribution in [1.29, 1.82) is 0 Å². The molecule has 1 atom stereocenters. The molecule has 0 aliphatic rings. The van der Waals surface area contributed by atoms with Crippen LogP contribution in [0.4, 0.5) is 0 Å². The van der Waals surface area contributed by atoms with E-state index in [9.17, 15) is 0 Å². The minimum atomic E-state index is 0.348. The summed E-state index contributed by atoms with van der Waals surface area (Å²) in [6.45, 7) is 2.09. The summed E-state index contributed by atoms with van der Waals surface area (Å²) in [6, 6.07) is 7.34. The largest absolute Gasteiger partial charge is 0.508 e. The second-order valence-corrected chi connectivity index (χ2v) is 4.08. The van der Waals surface area contributed by atoms with Crippen LogP contribution in [0.2, 0.25) is 0 Å². The Balaban J connectivity index is 2.96. The van der Waals surface area contributed by atoms with Crippen molar-refractivity contribution >= 4 is 22.6 Å². The van der Waals surface area contributed by atoms with E-state index < -0.39 is 0 Å². The van der Waals surface area contributed by atoms with Crippen molar-refractivity contribution in [2.75, 3.05) is 0 Å². The Labute approximate surface area is 74.2 Å². The second-order valence-electron chi connectivity index (χ2n) is 2.21. The molecule has 0 unspecified atom stereocenters. The van der Waals surface area contributed by atoms with Crippen molar-refractivity contribution in [1.82, 2.24) is 0 Å². The van der Waals surface area contributed by atoms with Crippen LogP contribution in [-0.2, 0) is 0 Å². The van der Waals surface area contributed by atoms with E-state index in [0.29, 0.717) is 9.67 Å². The predicted molar refractivity (Wildman–Crippen MR) is 50.5 cm³/mol. The number of rotatable bonds is 1. The molecule has 1 aromatic carbocycles. The molecule has 1 N–H and O–H groups in total. The molecule has 2 heteroatoms. The van der Waals surface area contributed by atoms with E-state index in [1.165, 1.54) is 5.56 Å². The van der Waals surface area contributed by atoms with Crippen LogP contribution in [0.5, 0.6) is 5.75 Å². The molecule has 0 radical (unpaired) electrons. The highest BCUT2D eigenvalue weighted by atomic mass is 127. The van der Waals surface area contributed by atoms with Gasteiger partial charge in [-0.1, -0.05) is 34.7 Å². The fourth-order valence-electron chi connectivity index (χ4n) is 0.772. The van der Waals surface area contributed by atoms with Gasteiger partial charge in [0, 0.05) is 3.92 Å². The average Bonchev–Trinajstić information content (AvgIpc) is 1.88. The van der Waals surface area contributed by atoms with Gasteiger partial charge in [0.2, 0.25) is 0 Å². The normalized spacial score (nSPS) is 13.0. The molecule has 1 aromatic rings. The van der Waals surface area contributed by atoms with Gasteiger partial charge in [0.15, 0.2) is 0 Å². The van der Waals surface area contributed by atoms with E-state index in [0.717, 1.165) is 0 Å². The molecule has 0 amide bonds. The van der Waals surface area contributed by atoms with Gasteiger partial charge < -0.3 is 5.11 Å². The maximum absolute atomic E-state index is 9.06. The Hall–Kier alpha value is -0.250. The number of halogens is 1. The predicted octanol–water partition coefficient (Wildman–Crippen LogP) is 2.89. The number of aromatic hydroxyl groups is 1. The fourth-order valence-corrected chi connectivity index (χ4v) is 1.16. The van der Waals surface area contributed by atoms with E-state index in [2.05, 4.69) is 29.5 Å². The third kappa shape index (κ3) is 1.87. The van der Waals surface area contributed by atoms with Gasteiger partial charge in [-0.05, 0) is 24.6 Å². The molecule has 0 saturated heterocycles. The number of phenols is 1. The zero-order valence-corrected chi connectivity index (χ0v) is 7.87. The van der Waals surface area contributed by atoms with E-state index >= 15 is 0 Å². The van der Waals surface area contributed by atoms with Gasteiger partial charge in [0.05, 0.1) is 0 Å². The molecule has 0 spiro atoms. The molecule has 0 heterocycles. The Morgan fingerprint density at radius 1 is 1.50 bits per heavy atom. The monoisotopic (exact) mass is 248 g/mol. The summed E-state index contributed by atoms with van der Waals surface area (Å²) in [6.07, 6.45) is 0. The molecular formula is C8H9IO. The lowest BCUT2D eigenvalue weighted by molar-refractivity contribution is 0.474. The summed E-state index contributed by atoms with van der Waals surface area (Å²) in [5.41, 5.74) is 1.17. The first kappa shape index (κ1) is 7.85. The Morgan fingerprint density at radius 3 is 2.60 bits per heavy atom. The van der Waals surface area contributed by atoms with E-state index in [1.807, 2.05) is 12.1 Å². The molecule has 0 aliphatic heterocycles. The first-order valence-corrected chi connectivity index (χ1v) is 4.37. The highest BCUT2D eigenvalue weighted by Crippen LogP contribution is 2.24. The van der Waals surface area contributed by atoms with Gasteiger partial charge in [-0.2, -0.15) is 0 Å². The van der Waals surface area contributed by atoms with Crippen molar-refractivity contribution in [3.63, 3.8) is 0 Å². The number of hydrogen-bond donors (Lipinski definition) is 1. The van der Waals surface area contributed by atoms with Gasteiger partial charge in [0.1, 0.15) is 5.75 Å². The molecule has 0 bridgehead atoms. The summed E-state index contributed by atoms with van der Waals surface area (Å²) in [7, 11) is 0. The summed E-state index contributed by atoms with van der Waals surface area (Å²) >= 11 is 2.31. The van der Waals surface area contributed by atoms with Crippen LogP contribution in [0, 0.1) is 0 Å². The van der Waals surface area contributed by atoms with Crippen molar-refractivity contribution in [3.8, 4) is 5.75 Å². The average molecular weight is 248 g/mol. The van der Waals surface area contributed by atoms with Gasteiger partial charge in [-0.3, -0.25) is 0 Å². The molecule has 1 rings (SSSR count). The first-order chi connectivity index (χ1) is 4.70. The van der Waals surface area contributed by atoms with Crippen LogP contribution in [0.3, 0.4) is 0 Å². The molecule has 10 heavy (non-hydrogen) atoms. The van der Waals surface area contributed by atoms with Crippen molar-refractivity contribution in [2.45, 2.75) is 10.8 Å². The Bertz CT molecular complexity index is 220.